The predicted octanol–water partition coefficient (Wildman–Crippen LogP) is 4.30. The monoisotopic (exact) mass is 454 g/mol. The number of anilines is 1. The summed E-state index contributed by atoms with van der Waals surface area (Å²) >= 11 is 6.26. The van der Waals surface area contributed by atoms with Crippen molar-refractivity contribution in [3.05, 3.63) is 58.8 Å². The summed E-state index contributed by atoms with van der Waals surface area (Å²) in [4.78, 5) is 23.8. The Hall–Kier alpha value is -3.23. The number of imidazole rings is 1. The maximum absolute atomic E-state index is 14.2. The minimum atomic E-state index is -0.469. The highest BCUT2D eigenvalue weighted by atomic mass is 35.5. The van der Waals surface area contributed by atoms with Gasteiger partial charge in [-0.15, -0.1) is 0 Å². The molecule has 2 aromatic carbocycles. The van der Waals surface area contributed by atoms with Gasteiger partial charge in [0.25, 0.3) is 0 Å². The number of nitrogens with zero attached hydrogens (tertiary/aromatic N) is 4. The van der Waals surface area contributed by atoms with Crippen molar-refractivity contribution in [1.29, 1.82) is 0 Å². The summed E-state index contributed by atoms with van der Waals surface area (Å²) in [5.74, 6) is -0.288. The van der Waals surface area contributed by atoms with Gasteiger partial charge in [0.05, 0.1) is 47.6 Å². The zero-order valence-electron chi connectivity index (χ0n) is 17.6. The molecule has 0 atom stereocenters. The van der Waals surface area contributed by atoms with Crippen LogP contribution in [0, 0.1) is 12.7 Å². The number of pyridine rings is 1. The summed E-state index contributed by atoms with van der Waals surface area (Å²) in [6, 6.07) is 8.22. The average Bonchev–Trinajstić information content (AvgIpc) is 3.13. The Kier molecular flexibility index (Phi) is 5.19. The van der Waals surface area contributed by atoms with Gasteiger partial charge >= 0.3 is 5.97 Å². The van der Waals surface area contributed by atoms with Gasteiger partial charge in [-0.3, -0.25) is 9.55 Å². The third kappa shape index (κ3) is 3.36. The highest BCUT2D eigenvalue weighted by Crippen LogP contribution is 2.34. The Labute approximate surface area is 188 Å². The fourth-order valence-corrected chi connectivity index (χ4v) is 4.47. The first-order chi connectivity index (χ1) is 15.5. The highest BCUT2D eigenvalue weighted by molar-refractivity contribution is 6.35. The Balaban J connectivity index is 1.82. The Morgan fingerprint density at radius 1 is 1.19 bits per heavy atom. The van der Waals surface area contributed by atoms with Gasteiger partial charge in [0, 0.05) is 30.4 Å². The molecular formula is C23H20ClFN4O3. The van der Waals surface area contributed by atoms with Crippen molar-refractivity contribution in [3.8, 4) is 5.69 Å². The molecular weight excluding hydrogens is 435 g/mol. The van der Waals surface area contributed by atoms with Gasteiger partial charge in [0.1, 0.15) is 17.2 Å². The maximum atomic E-state index is 14.2. The van der Waals surface area contributed by atoms with Crippen LogP contribution < -0.4 is 4.90 Å². The number of halogens is 2. The summed E-state index contributed by atoms with van der Waals surface area (Å²) in [5.41, 5.74) is 3.62. The highest BCUT2D eigenvalue weighted by Gasteiger charge is 2.23. The van der Waals surface area contributed by atoms with Gasteiger partial charge in [-0.2, -0.15) is 0 Å². The normalized spacial score (nSPS) is 14.3. The molecule has 32 heavy (non-hydrogen) atoms. The molecule has 1 aliphatic heterocycles. The van der Waals surface area contributed by atoms with Crippen LogP contribution in [0.3, 0.4) is 0 Å². The third-order valence-corrected chi connectivity index (χ3v) is 5.96. The fraction of sp³-hybridized carbons (Fsp3) is 0.261. The first-order valence-electron chi connectivity index (χ1n) is 10.2. The molecule has 0 N–H and O–H groups in total. The van der Waals surface area contributed by atoms with E-state index in [1.54, 1.807) is 18.3 Å². The molecule has 164 valence electrons. The summed E-state index contributed by atoms with van der Waals surface area (Å²) in [6.45, 7) is 4.46. The van der Waals surface area contributed by atoms with Crippen LogP contribution in [0.4, 0.5) is 10.1 Å². The molecule has 1 fully saturated rings. The van der Waals surface area contributed by atoms with Crippen molar-refractivity contribution in [2.45, 2.75) is 6.92 Å². The minimum absolute atomic E-state index is 0.230. The van der Waals surface area contributed by atoms with E-state index in [1.807, 2.05) is 17.6 Å². The second kappa shape index (κ2) is 8.03. The standard InChI is InChI=1S/C23H20ClFN4O3/c1-13-27-22-17(23(30)31-2)11-15(28-5-7-32-8-6-28)12-20(22)29(13)19-3-4-26-21-16(19)9-14(25)10-18(21)24/h3-4,9-12H,5-8H2,1-2H3. The second-order valence-electron chi connectivity index (χ2n) is 7.56. The lowest BCUT2D eigenvalue weighted by Gasteiger charge is -2.29. The SMILES string of the molecule is COC(=O)c1cc(N2CCOCC2)cc2c1nc(C)n2-c1ccnc2c(Cl)cc(F)cc12. The van der Waals surface area contributed by atoms with E-state index in [1.165, 1.54) is 19.2 Å². The average molecular weight is 455 g/mol. The van der Waals surface area contributed by atoms with E-state index in [-0.39, 0.29) is 5.02 Å². The van der Waals surface area contributed by atoms with Crippen molar-refractivity contribution >= 4 is 45.2 Å². The summed E-state index contributed by atoms with van der Waals surface area (Å²) < 4.78 is 26.6. The smallest absolute Gasteiger partial charge is 0.340 e. The van der Waals surface area contributed by atoms with Crippen LogP contribution in [0.1, 0.15) is 16.2 Å². The summed E-state index contributed by atoms with van der Waals surface area (Å²) in [7, 11) is 1.35. The van der Waals surface area contributed by atoms with Crippen LogP contribution in [0.15, 0.2) is 36.5 Å². The van der Waals surface area contributed by atoms with E-state index in [0.29, 0.717) is 65.3 Å². The van der Waals surface area contributed by atoms with E-state index in [9.17, 15) is 9.18 Å². The molecule has 3 heterocycles. The van der Waals surface area contributed by atoms with Crippen molar-refractivity contribution < 1.29 is 18.7 Å². The predicted molar refractivity (Wildman–Crippen MR) is 120 cm³/mol. The zero-order chi connectivity index (χ0) is 22.4. The van der Waals surface area contributed by atoms with Gasteiger partial charge in [-0.05, 0) is 37.3 Å². The summed E-state index contributed by atoms with van der Waals surface area (Å²) in [5, 5.41) is 0.782. The van der Waals surface area contributed by atoms with Crippen molar-refractivity contribution in [1.82, 2.24) is 14.5 Å². The van der Waals surface area contributed by atoms with Gasteiger partial charge in [0.15, 0.2) is 0 Å². The van der Waals surface area contributed by atoms with Crippen molar-refractivity contribution in [2.75, 3.05) is 38.3 Å². The van der Waals surface area contributed by atoms with Crippen LogP contribution >= 0.6 is 11.6 Å². The molecule has 1 aliphatic rings. The number of benzene rings is 2. The molecule has 0 radical (unpaired) electrons. The first-order valence-corrected chi connectivity index (χ1v) is 10.5. The van der Waals surface area contributed by atoms with E-state index >= 15 is 0 Å². The number of morpholine rings is 1. The van der Waals surface area contributed by atoms with Crippen molar-refractivity contribution in [2.24, 2.45) is 0 Å². The number of ether oxygens (including phenoxy) is 2. The number of fused-ring (bicyclic) bond motifs is 2. The lowest BCUT2D eigenvalue weighted by Crippen LogP contribution is -2.36. The number of esters is 1. The molecule has 0 amide bonds. The van der Waals surface area contributed by atoms with Crippen LogP contribution in [0.25, 0.3) is 27.6 Å². The van der Waals surface area contributed by atoms with E-state index in [0.717, 1.165) is 5.69 Å². The topological polar surface area (TPSA) is 69.5 Å². The quantitative estimate of drug-likeness (QED) is 0.430. The molecule has 0 unspecified atom stereocenters. The van der Waals surface area contributed by atoms with Crippen LogP contribution in [-0.4, -0.2) is 53.9 Å². The second-order valence-corrected chi connectivity index (χ2v) is 7.97. The van der Waals surface area contributed by atoms with E-state index in [4.69, 9.17) is 21.1 Å². The molecule has 4 aromatic rings. The zero-order valence-corrected chi connectivity index (χ0v) is 18.3. The van der Waals surface area contributed by atoms with Gasteiger partial charge < -0.3 is 14.4 Å². The summed E-state index contributed by atoms with van der Waals surface area (Å²) in [6.07, 6.45) is 1.62. The van der Waals surface area contributed by atoms with E-state index in [2.05, 4.69) is 14.9 Å². The molecule has 1 saturated heterocycles. The number of aryl methyl sites for hydroxylation is 1. The van der Waals surface area contributed by atoms with Crippen LogP contribution in [0.2, 0.25) is 5.02 Å². The maximum Gasteiger partial charge on any atom is 0.340 e. The molecule has 5 rings (SSSR count). The van der Waals surface area contributed by atoms with Gasteiger partial charge in [0.2, 0.25) is 0 Å². The molecule has 0 aliphatic carbocycles. The number of methoxy groups -OCH3 is 1. The Morgan fingerprint density at radius 3 is 2.72 bits per heavy atom. The number of carbonyl (C=O) groups excluding carboxylic acids is 1. The number of rotatable bonds is 3. The fourth-order valence-electron chi connectivity index (χ4n) is 4.21. The van der Waals surface area contributed by atoms with Crippen LogP contribution in [0.5, 0.6) is 0 Å². The van der Waals surface area contributed by atoms with Crippen LogP contribution in [-0.2, 0) is 9.47 Å². The lowest BCUT2D eigenvalue weighted by atomic mass is 10.1. The third-order valence-electron chi connectivity index (χ3n) is 5.68. The molecule has 0 saturated carbocycles. The van der Waals surface area contributed by atoms with Gasteiger partial charge in [-0.25, -0.2) is 14.2 Å². The minimum Gasteiger partial charge on any atom is -0.465 e. The van der Waals surface area contributed by atoms with Crippen molar-refractivity contribution in [3.63, 3.8) is 0 Å². The molecule has 0 bridgehead atoms. The number of hydrogen-bond acceptors (Lipinski definition) is 6. The number of hydrogen-bond donors (Lipinski definition) is 0. The number of aromatic nitrogens is 3. The molecule has 9 heteroatoms. The largest absolute Gasteiger partial charge is 0.465 e. The Bertz CT molecular complexity index is 1360. The Morgan fingerprint density at radius 2 is 1.97 bits per heavy atom. The molecule has 0 spiro atoms. The molecule has 7 nitrogen and oxygen atoms in total. The molecule has 2 aromatic heterocycles. The van der Waals surface area contributed by atoms with Gasteiger partial charge in [-0.1, -0.05) is 11.6 Å². The lowest BCUT2D eigenvalue weighted by molar-refractivity contribution is 0.0603. The first kappa shape index (κ1) is 20.7. The van der Waals surface area contributed by atoms with E-state index < -0.39 is 11.8 Å². The number of carbonyl (C=O) groups is 1.